The van der Waals surface area contributed by atoms with Gasteiger partial charge in [0.05, 0.1) is 20.8 Å². The molecule has 0 aliphatic carbocycles. The molecule has 1 amide bonds. The van der Waals surface area contributed by atoms with Gasteiger partial charge in [-0.15, -0.1) is 0 Å². The summed E-state index contributed by atoms with van der Waals surface area (Å²) in [6.07, 6.45) is 0. The smallest absolute Gasteiger partial charge is 0.231 e. The van der Waals surface area contributed by atoms with Crippen molar-refractivity contribution >= 4 is 5.91 Å². The van der Waals surface area contributed by atoms with E-state index in [0.717, 1.165) is 5.56 Å². The highest BCUT2D eigenvalue weighted by Crippen LogP contribution is 2.37. The fraction of sp³-hybridized carbons (Fsp3) is 0.417. The molecule has 0 atom stereocenters. The molecule has 0 heterocycles. The normalized spacial score (nSPS) is 10.4. The third-order valence-electron chi connectivity index (χ3n) is 2.42. The molecule has 100 valence electrons. The minimum atomic E-state index is -0.393. The summed E-state index contributed by atoms with van der Waals surface area (Å²) in [5, 5.41) is 9.76. The molecule has 0 aliphatic rings. The van der Waals surface area contributed by atoms with E-state index < -0.39 is 5.91 Å². The Labute approximate surface area is 106 Å². The Morgan fingerprint density at radius 2 is 1.83 bits per heavy atom. The van der Waals surface area contributed by atoms with Gasteiger partial charge < -0.3 is 20.3 Å². The van der Waals surface area contributed by atoms with Crippen LogP contribution in [0.3, 0.4) is 0 Å². The number of hydrogen-bond acceptors (Lipinski definition) is 5. The molecular weight excluding hydrogens is 236 g/mol. The number of primary amides is 1. The molecule has 0 aliphatic heterocycles. The molecule has 3 N–H and O–H groups in total. The predicted molar refractivity (Wildman–Crippen MR) is 66.7 cm³/mol. The van der Waals surface area contributed by atoms with Crippen molar-refractivity contribution in [3.63, 3.8) is 0 Å². The van der Waals surface area contributed by atoms with Gasteiger partial charge in [-0.3, -0.25) is 9.69 Å². The van der Waals surface area contributed by atoms with Crippen LogP contribution in [0.25, 0.3) is 0 Å². The van der Waals surface area contributed by atoms with Crippen LogP contribution in [0, 0.1) is 0 Å². The molecule has 0 saturated carbocycles. The lowest BCUT2D eigenvalue weighted by atomic mass is 10.1. The van der Waals surface area contributed by atoms with Crippen molar-refractivity contribution in [1.82, 2.24) is 4.90 Å². The van der Waals surface area contributed by atoms with Crippen molar-refractivity contribution in [2.45, 2.75) is 6.54 Å². The number of benzene rings is 1. The number of nitrogens with zero attached hydrogens (tertiary/aromatic N) is 1. The van der Waals surface area contributed by atoms with Crippen LogP contribution in [0.5, 0.6) is 17.2 Å². The molecule has 1 aromatic carbocycles. The van der Waals surface area contributed by atoms with E-state index in [1.54, 1.807) is 24.1 Å². The van der Waals surface area contributed by atoms with Crippen LogP contribution in [0.1, 0.15) is 5.56 Å². The Balaban J connectivity index is 2.92. The van der Waals surface area contributed by atoms with Crippen LogP contribution in [-0.2, 0) is 11.3 Å². The molecule has 0 aromatic heterocycles. The predicted octanol–water partition coefficient (Wildman–Crippen LogP) is 0.327. The lowest BCUT2D eigenvalue weighted by Crippen LogP contribution is -2.30. The van der Waals surface area contributed by atoms with Crippen molar-refractivity contribution in [1.29, 1.82) is 0 Å². The quantitative estimate of drug-likeness (QED) is 0.764. The minimum Gasteiger partial charge on any atom is -0.502 e. The standard InChI is InChI=1S/C12H18N2O4/c1-14(7-11(13)15)6-8-4-9(17-2)12(16)10(5-8)18-3/h4-5,16H,6-7H2,1-3H3,(H2,13,15). The van der Waals surface area contributed by atoms with Crippen LogP contribution in [-0.4, -0.2) is 43.7 Å². The van der Waals surface area contributed by atoms with E-state index in [0.29, 0.717) is 18.0 Å². The van der Waals surface area contributed by atoms with Gasteiger partial charge in [0.2, 0.25) is 11.7 Å². The Hall–Kier alpha value is -1.95. The van der Waals surface area contributed by atoms with Crippen molar-refractivity contribution < 1.29 is 19.4 Å². The highest BCUT2D eigenvalue weighted by Gasteiger charge is 2.12. The first kappa shape index (κ1) is 14.1. The molecule has 0 radical (unpaired) electrons. The average Bonchev–Trinajstić information content (AvgIpc) is 2.29. The third-order valence-corrected chi connectivity index (χ3v) is 2.42. The van der Waals surface area contributed by atoms with Gasteiger partial charge in [-0.05, 0) is 24.7 Å². The fourth-order valence-corrected chi connectivity index (χ4v) is 1.67. The second kappa shape index (κ2) is 6.11. The number of aromatic hydroxyl groups is 1. The number of ether oxygens (including phenoxy) is 2. The first-order valence-corrected chi connectivity index (χ1v) is 5.38. The average molecular weight is 254 g/mol. The first-order chi connectivity index (χ1) is 8.47. The van der Waals surface area contributed by atoms with Crippen molar-refractivity contribution in [2.24, 2.45) is 5.73 Å². The van der Waals surface area contributed by atoms with Crippen molar-refractivity contribution in [3.05, 3.63) is 17.7 Å². The van der Waals surface area contributed by atoms with Gasteiger partial charge in [0.1, 0.15) is 0 Å². The lowest BCUT2D eigenvalue weighted by molar-refractivity contribution is -0.118. The summed E-state index contributed by atoms with van der Waals surface area (Å²) in [4.78, 5) is 12.5. The number of carbonyl (C=O) groups is 1. The maximum atomic E-state index is 10.8. The molecular formula is C12H18N2O4. The maximum absolute atomic E-state index is 10.8. The van der Waals surface area contributed by atoms with Gasteiger partial charge in [0, 0.05) is 6.54 Å². The highest BCUT2D eigenvalue weighted by molar-refractivity contribution is 5.75. The zero-order valence-corrected chi connectivity index (χ0v) is 10.8. The van der Waals surface area contributed by atoms with Gasteiger partial charge in [0.25, 0.3) is 0 Å². The van der Waals surface area contributed by atoms with Gasteiger partial charge >= 0.3 is 0 Å². The van der Waals surface area contributed by atoms with E-state index >= 15 is 0 Å². The molecule has 0 saturated heterocycles. The van der Waals surface area contributed by atoms with E-state index in [1.165, 1.54) is 14.2 Å². The van der Waals surface area contributed by atoms with Gasteiger partial charge in [-0.2, -0.15) is 0 Å². The van der Waals surface area contributed by atoms with Crippen molar-refractivity contribution in [3.8, 4) is 17.2 Å². The molecule has 0 fully saturated rings. The number of amides is 1. The van der Waals surface area contributed by atoms with Crippen LogP contribution < -0.4 is 15.2 Å². The summed E-state index contributed by atoms with van der Waals surface area (Å²) in [6, 6.07) is 3.38. The number of phenolic OH excluding ortho intramolecular Hbond substituents is 1. The first-order valence-electron chi connectivity index (χ1n) is 5.38. The van der Waals surface area contributed by atoms with Gasteiger partial charge in [0.15, 0.2) is 11.5 Å². The topological polar surface area (TPSA) is 85.0 Å². The number of methoxy groups -OCH3 is 2. The molecule has 0 bridgehead atoms. The Bertz CT molecular complexity index is 409. The monoisotopic (exact) mass is 254 g/mol. The molecule has 1 aromatic rings. The third kappa shape index (κ3) is 3.53. The molecule has 18 heavy (non-hydrogen) atoms. The highest BCUT2D eigenvalue weighted by atomic mass is 16.5. The van der Waals surface area contributed by atoms with Crippen LogP contribution in [0.15, 0.2) is 12.1 Å². The fourth-order valence-electron chi connectivity index (χ4n) is 1.67. The molecule has 1 rings (SSSR count). The zero-order chi connectivity index (χ0) is 13.7. The Morgan fingerprint density at radius 3 is 2.22 bits per heavy atom. The largest absolute Gasteiger partial charge is 0.502 e. The number of nitrogens with two attached hydrogens (primary N) is 1. The Kier molecular flexibility index (Phi) is 4.79. The van der Waals surface area contributed by atoms with E-state index in [9.17, 15) is 9.90 Å². The summed E-state index contributed by atoms with van der Waals surface area (Å²) in [5.41, 5.74) is 5.97. The second-order valence-corrected chi connectivity index (χ2v) is 3.99. The van der Waals surface area contributed by atoms with Gasteiger partial charge in [-0.25, -0.2) is 0 Å². The SMILES string of the molecule is COc1cc(CN(C)CC(N)=O)cc(OC)c1O. The number of carbonyl (C=O) groups excluding carboxylic acids is 1. The summed E-state index contributed by atoms with van der Waals surface area (Å²) in [7, 11) is 4.70. The number of hydrogen-bond donors (Lipinski definition) is 2. The number of rotatable bonds is 6. The molecule has 0 unspecified atom stereocenters. The molecule has 6 nitrogen and oxygen atoms in total. The number of likely N-dealkylation sites (N-methyl/N-ethyl adjacent to an activating group) is 1. The molecule has 6 heteroatoms. The van der Waals surface area contributed by atoms with E-state index in [1.807, 2.05) is 0 Å². The summed E-state index contributed by atoms with van der Waals surface area (Å²) >= 11 is 0. The van der Waals surface area contributed by atoms with Crippen LogP contribution in [0.4, 0.5) is 0 Å². The van der Waals surface area contributed by atoms with Crippen molar-refractivity contribution in [2.75, 3.05) is 27.8 Å². The molecule has 0 spiro atoms. The second-order valence-electron chi connectivity index (χ2n) is 3.99. The van der Waals surface area contributed by atoms with Crippen LogP contribution in [0.2, 0.25) is 0 Å². The summed E-state index contributed by atoms with van der Waals surface area (Å²) < 4.78 is 10.1. The summed E-state index contributed by atoms with van der Waals surface area (Å²) in [5.74, 6) is 0.227. The lowest BCUT2D eigenvalue weighted by Gasteiger charge is -2.16. The van der Waals surface area contributed by atoms with Gasteiger partial charge in [-0.1, -0.05) is 0 Å². The zero-order valence-electron chi connectivity index (χ0n) is 10.8. The minimum absolute atomic E-state index is 0.0405. The van der Waals surface area contributed by atoms with Crippen LogP contribution >= 0.6 is 0 Å². The van der Waals surface area contributed by atoms with E-state index in [2.05, 4.69) is 0 Å². The van der Waals surface area contributed by atoms with E-state index in [4.69, 9.17) is 15.2 Å². The Morgan fingerprint density at radius 1 is 1.33 bits per heavy atom. The summed E-state index contributed by atoms with van der Waals surface area (Å²) in [6.45, 7) is 0.654. The van der Waals surface area contributed by atoms with E-state index in [-0.39, 0.29) is 12.3 Å². The number of phenols is 1. The maximum Gasteiger partial charge on any atom is 0.231 e.